The molecule has 1 aromatic rings. The van der Waals surface area contributed by atoms with E-state index in [2.05, 4.69) is 23.5 Å². The summed E-state index contributed by atoms with van der Waals surface area (Å²) in [5.74, 6) is 0.230. The van der Waals surface area contributed by atoms with E-state index < -0.39 is 0 Å². The largest absolute Gasteiger partial charge is 0.377 e. The van der Waals surface area contributed by atoms with Crippen molar-refractivity contribution in [2.75, 3.05) is 25.0 Å². The maximum atomic E-state index is 12.7. The van der Waals surface area contributed by atoms with Crippen LogP contribution >= 0.6 is 0 Å². The summed E-state index contributed by atoms with van der Waals surface area (Å²) < 4.78 is 5.69. The molecule has 3 rings (SSSR count). The molecule has 1 amide bonds. The minimum absolute atomic E-state index is 0.0831. The molecule has 1 fully saturated rings. The van der Waals surface area contributed by atoms with Crippen LogP contribution in [0.15, 0.2) is 24.3 Å². The first-order valence-electron chi connectivity index (χ1n) is 8.02. The molecule has 0 saturated carbocycles. The van der Waals surface area contributed by atoms with Crippen molar-refractivity contribution < 1.29 is 9.53 Å². The molecule has 21 heavy (non-hydrogen) atoms. The fourth-order valence-corrected chi connectivity index (χ4v) is 3.35. The molecule has 0 aromatic heterocycles. The molecule has 2 aliphatic heterocycles. The second-order valence-electron chi connectivity index (χ2n) is 5.90. The van der Waals surface area contributed by atoms with Gasteiger partial charge in [0.2, 0.25) is 5.91 Å². The minimum atomic E-state index is -0.0831. The highest BCUT2D eigenvalue weighted by Crippen LogP contribution is 2.26. The van der Waals surface area contributed by atoms with Crippen LogP contribution < -0.4 is 5.32 Å². The number of nitrogens with zero attached hydrogens (tertiary/aromatic N) is 1. The van der Waals surface area contributed by atoms with Crippen LogP contribution in [0.2, 0.25) is 0 Å². The lowest BCUT2D eigenvalue weighted by molar-refractivity contribution is -0.136. The number of nitrogens with one attached hydrogen (secondary N) is 1. The van der Waals surface area contributed by atoms with E-state index in [9.17, 15) is 4.79 Å². The van der Waals surface area contributed by atoms with Crippen molar-refractivity contribution in [1.29, 1.82) is 0 Å². The topological polar surface area (TPSA) is 41.6 Å². The number of fused-ring (bicyclic) bond motifs is 1. The van der Waals surface area contributed by atoms with Crippen molar-refractivity contribution in [3.63, 3.8) is 0 Å². The van der Waals surface area contributed by atoms with Gasteiger partial charge in [-0.1, -0.05) is 18.2 Å². The number of rotatable bonds is 3. The number of piperidine rings is 1. The van der Waals surface area contributed by atoms with E-state index >= 15 is 0 Å². The van der Waals surface area contributed by atoms with Crippen LogP contribution in [-0.4, -0.2) is 42.6 Å². The van der Waals surface area contributed by atoms with Crippen LogP contribution in [0.1, 0.15) is 31.7 Å². The van der Waals surface area contributed by atoms with Gasteiger partial charge in [0.15, 0.2) is 0 Å². The first-order valence-corrected chi connectivity index (χ1v) is 8.02. The lowest BCUT2D eigenvalue weighted by atomic mass is 9.96. The molecular weight excluding hydrogens is 264 g/mol. The minimum Gasteiger partial charge on any atom is -0.377 e. The van der Waals surface area contributed by atoms with Gasteiger partial charge < -0.3 is 15.0 Å². The van der Waals surface area contributed by atoms with Crippen LogP contribution in [0.25, 0.3) is 0 Å². The highest BCUT2D eigenvalue weighted by atomic mass is 16.5. The predicted molar refractivity (Wildman–Crippen MR) is 83.4 cm³/mol. The summed E-state index contributed by atoms with van der Waals surface area (Å²) in [6.45, 7) is 4.34. The molecule has 0 radical (unpaired) electrons. The Morgan fingerprint density at radius 1 is 1.38 bits per heavy atom. The van der Waals surface area contributed by atoms with Crippen LogP contribution in [0.4, 0.5) is 5.69 Å². The number of hydrogen-bond acceptors (Lipinski definition) is 3. The van der Waals surface area contributed by atoms with Gasteiger partial charge in [0.25, 0.3) is 0 Å². The lowest BCUT2D eigenvalue weighted by Gasteiger charge is -2.36. The average molecular weight is 288 g/mol. The van der Waals surface area contributed by atoms with E-state index in [4.69, 9.17) is 4.74 Å². The van der Waals surface area contributed by atoms with Gasteiger partial charge in [0, 0.05) is 25.4 Å². The molecule has 0 bridgehead atoms. The highest BCUT2D eigenvalue weighted by Gasteiger charge is 2.31. The summed E-state index contributed by atoms with van der Waals surface area (Å²) in [6, 6.07) is 8.19. The zero-order chi connectivity index (χ0) is 14.7. The number of anilines is 1. The zero-order valence-corrected chi connectivity index (χ0v) is 12.7. The van der Waals surface area contributed by atoms with Crippen molar-refractivity contribution in [2.45, 2.75) is 44.8 Å². The van der Waals surface area contributed by atoms with Crippen LogP contribution in [-0.2, 0) is 16.0 Å². The van der Waals surface area contributed by atoms with Gasteiger partial charge in [-0.05, 0) is 44.2 Å². The third-order valence-corrected chi connectivity index (χ3v) is 4.44. The molecule has 1 aromatic carbocycles. The number of aryl methyl sites for hydroxylation is 1. The molecule has 1 N–H and O–H groups in total. The van der Waals surface area contributed by atoms with Crippen molar-refractivity contribution in [2.24, 2.45) is 0 Å². The zero-order valence-electron chi connectivity index (χ0n) is 12.7. The van der Waals surface area contributed by atoms with Gasteiger partial charge in [-0.15, -0.1) is 0 Å². The van der Waals surface area contributed by atoms with E-state index in [1.165, 1.54) is 5.56 Å². The fourth-order valence-electron chi connectivity index (χ4n) is 3.35. The summed E-state index contributed by atoms with van der Waals surface area (Å²) in [5.41, 5.74) is 2.42. The van der Waals surface area contributed by atoms with Gasteiger partial charge in [0.05, 0.1) is 6.10 Å². The van der Waals surface area contributed by atoms with Gasteiger partial charge >= 0.3 is 0 Å². The number of likely N-dealkylation sites (tertiary alicyclic amines) is 1. The number of hydrogen-bond donors (Lipinski definition) is 1. The van der Waals surface area contributed by atoms with E-state index in [1.807, 2.05) is 17.9 Å². The predicted octanol–water partition coefficient (Wildman–Crippen LogP) is 2.44. The number of carbonyl (C=O) groups excluding carboxylic acids is 1. The summed E-state index contributed by atoms with van der Waals surface area (Å²) in [4.78, 5) is 14.7. The van der Waals surface area contributed by atoms with Crippen molar-refractivity contribution in [3.8, 4) is 0 Å². The smallest absolute Gasteiger partial charge is 0.245 e. The number of amides is 1. The molecule has 2 heterocycles. The summed E-state index contributed by atoms with van der Waals surface area (Å²) >= 11 is 0. The Bertz CT molecular complexity index is 501. The molecule has 2 unspecified atom stereocenters. The second kappa shape index (κ2) is 6.48. The average Bonchev–Trinajstić information content (AvgIpc) is 2.54. The maximum Gasteiger partial charge on any atom is 0.245 e. The number of para-hydroxylation sites is 1. The molecule has 0 spiro atoms. The van der Waals surface area contributed by atoms with Crippen molar-refractivity contribution in [1.82, 2.24) is 4.90 Å². The molecule has 0 aliphatic carbocycles. The first kappa shape index (κ1) is 14.4. The fraction of sp³-hybridized carbons (Fsp3) is 0.588. The third-order valence-electron chi connectivity index (χ3n) is 4.44. The Labute approximate surface area is 126 Å². The van der Waals surface area contributed by atoms with Gasteiger partial charge in [0.1, 0.15) is 6.04 Å². The number of carbonyl (C=O) groups is 1. The molecule has 2 aliphatic rings. The number of benzene rings is 1. The van der Waals surface area contributed by atoms with Gasteiger partial charge in [-0.25, -0.2) is 0 Å². The molecule has 2 atom stereocenters. The van der Waals surface area contributed by atoms with Gasteiger partial charge in [-0.3, -0.25) is 4.79 Å². The highest BCUT2D eigenvalue weighted by molar-refractivity contribution is 5.85. The Morgan fingerprint density at radius 2 is 2.24 bits per heavy atom. The Balaban J connectivity index is 1.63. The summed E-state index contributed by atoms with van der Waals surface area (Å²) in [6.07, 6.45) is 4.18. The molecule has 4 heteroatoms. The molecular formula is C17H24N2O2. The molecule has 1 saturated heterocycles. The first-order chi connectivity index (χ1) is 10.3. The Hall–Kier alpha value is -1.55. The van der Waals surface area contributed by atoms with Crippen LogP contribution in [0.3, 0.4) is 0 Å². The molecule has 4 nitrogen and oxygen atoms in total. The monoisotopic (exact) mass is 288 g/mol. The van der Waals surface area contributed by atoms with E-state index in [1.54, 1.807) is 0 Å². The van der Waals surface area contributed by atoms with Gasteiger partial charge in [-0.2, -0.15) is 0 Å². The van der Waals surface area contributed by atoms with Crippen LogP contribution in [0, 0.1) is 0 Å². The van der Waals surface area contributed by atoms with Crippen molar-refractivity contribution in [3.05, 3.63) is 29.8 Å². The SMILES string of the molecule is CCOC1CCCN(C(=O)C2CCc3ccccc3N2)C1. The Kier molecular flexibility index (Phi) is 4.44. The summed E-state index contributed by atoms with van der Waals surface area (Å²) in [7, 11) is 0. The van der Waals surface area contributed by atoms with E-state index in [0.29, 0.717) is 0 Å². The number of ether oxygens (including phenoxy) is 1. The lowest BCUT2D eigenvalue weighted by Crippen LogP contribution is -2.50. The Morgan fingerprint density at radius 3 is 3.10 bits per heavy atom. The van der Waals surface area contributed by atoms with E-state index in [-0.39, 0.29) is 18.1 Å². The molecule has 114 valence electrons. The third kappa shape index (κ3) is 3.21. The summed E-state index contributed by atoms with van der Waals surface area (Å²) in [5, 5.41) is 3.41. The van der Waals surface area contributed by atoms with Crippen LogP contribution in [0.5, 0.6) is 0 Å². The normalized spacial score (nSPS) is 25.1. The second-order valence-corrected chi connectivity index (χ2v) is 5.90. The quantitative estimate of drug-likeness (QED) is 0.929. The maximum absolute atomic E-state index is 12.7. The van der Waals surface area contributed by atoms with Crippen molar-refractivity contribution >= 4 is 11.6 Å². The van der Waals surface area contributed by atoms with E-state index in [0.717, 1.165) is 51.1 Å². The standard InChI is InChI=1S/C17H24N2O2/c1-2-21-14-7-5-11-19(12-14)17(20)16-10-9-13-6-3-4-8-15(13)18-16/h3-4,6,8,14,16,18H,2,5,7,9-12H2,1H3.